The highest BCUT2D eigenvalue weighted by Crippen LogP contribution is 2.26. The van der Waals surface area contributed by atoms with Crippen molar-refractivity contribution in [1.82, 2.24) is 4.98 Å². The highest BCUT2D eigenvalue weighted by atomic mass is 35.5. The van der Waals surface area contributed by atoms with Crippen LogP contribution in [0.3, 0.4) is 0 Å². The number of halogens is 1. The van der Waals surface area contributed by atoms with Crippen LogP contribution in [0.5, 0.6) is 0 Å². The maximum atomic E-state index is 12.1. The van der Waals surface area contributed by atoms with Crippen LogP contribution in [0.25, 0.3) is 0 Å². The first-order valence-electron chi connectivity index (χ1n) is 6.74. The Morgan fingerprint density at radius 1 is 1.29 bits per heavy atom. The highest BCUT2D eigenvalue weighted by molar-refractivity contribution is 6.34. The number of anilines is 1. The van der Waals surface area contributed by atoms with Gasteiger partial charge in [-0.3, -0.25) is 19.9 Å². The van der Waals surface area contributed by atoms with E-state index in [-0.39, 0.29) is 22.0 Å². The maximum absolute atomic E-state index is 12.1. The van der Waals surface area contributed by atoms with Gasteiger partial charge in [0.2, 0.25) is 0 Å². The van der Waals surface area contributed by atoms with Gasteiger partial charge in [-0.05, 0) is 25.1 Å². The van der Waals surface area contributed by atoms with Crippen LogP contribution in [-0.2, 0) is 9.53 Å². The molecule has 2 rings (SSSR count). The van der Waals surface area contributed by atoms with E-state index in [4.69, 9.17) is 16.3 Å². The van der Waals surface area contributed by atoms with E-state index < -0.39 is 22.9 Å². The van der Waals surface area contributed by atoms with Gasteiger partial charge in [0.05, 0.1) is 21.2 Å². The van der Waals surface area contributed by atoms with Crippen LogP contribution in [0.2, 0.25) is 5.02 Å². The van der Waals surface area contributed by atoms with Crippen molar-refractivity contribution < 1.29 is 19.2 Å². The first kappa shape index (κ1) is 17.4. The van der Waals surface area contributed by atoms with Gasteiger partial charge in [-0.1, -0.05) is 11.6 Å². The molecule has 0 bridgehead atoms. The summed E-state index contributed by atoms with van der Waals surface area (Å²) in [6, 6.07) is 6.54. The Labute approximate surface area is 141 Å². The molecule has 24 heavy (non-hydrogen) atoms. The molecule has 0 aliphatic heterocycles. The lowest BCUT2D eigenvalue weighted by molar-refractivity contribution is -0.384. The Balaban J connectivity index is 2.01. The molecule has 0 radical (unpaired) electrons. The van der Waals surface area contributed by atoms with Crippen LogP contribution >= 0.6 is 11.6 Å². The van der Waals surface area contributed by atoms with Crippen molar-refractivity contribution in [3.63, 3.8) is 0 Å². The molecule has 1 aromatic carbocycles. The minimum Gasteiger partial charge on any atom is -0.449 e. The monoisotopic (exact) mass is 349 g/mol. The summed E-state index contributed by atoms with van der Waals surface area (Å²) in [4.78, 5) is 37.7. The standard InChI is InChI=1S/C15H12ClN3O5/c1-9(24-15(21)10-4-6-17-7-5-10)14(20)18-13-3-2-11(19(22)23)8-12(13)16/h2-9H,1H3,(H,18,20)/t9-/m0/s1. The van der Waals surface area contributed by atoms with E-state index in [1.807, 2.05) is 0 Å². The molecule has 124 valence electrons. The number of nitrogens with one attached hydrogen (secondary N) is 1. The minimum absolute atomic E-state index is 0.00482. The van der Waals surface area contributed by atoms with E-state index in [2.05, 4.69) is 10.3 Å². The topological polar surface area (TPSA) is 111 Å². The number of rotatable bonds is 5. The van der Waals surface area contributed by atoms with Crippen molar-refractivity contribution in [3.8, 4) is 0 Å². The molecule has 8 nitrogen and oxygen atoms in total. The molecule has 1 aromatic heterocycles. The zero-order valence-corrected chi connectivity index (χ0v) is 13.2. The van der Waals surface area contributed by atoms with Crippen molar-refractivity contribution in [2.24, 2.45) is 0 Å². The Hall–Kier alpha value is -3.00. The fraction of sp³-hybridized carbons (Fsp3) is 0.133. The number of carbonyl (C=O) groups excluding carboxylic acids is 2. The molecule has 0 aliphatic carbocycles. The van der Waals surface area contributed by atoms with Gasteiger partial charge >= 0.3 is 5.97 Å². The van der Waals surface area contributed by atoms with Crippen molar-refractivity contribution in [1.29, 1.82) is 0 Å². The number of carbonyl (C=O) groups is 2. The number of hydrogen-bond donors (Lipinski definition) is 1. The molecular formula is C15H12ClN3O5. The third-order valence-electron chi connectivity index (χ3n) is 2.99. The summed E-state index contributed by atoms with van der Waals surface area (Å²) < 4.78 is 5.04. The summed E-state index contributed by atoms with van der Waals surface area (Å²) in [5.74, 6) is -1.29. The number of non-ortho nitro benzene ring substituents is 1. The second-order valence-corrected chi connectivity index (χ2v) is 5.10. The number of hydrogen-bond acceptors (Lipinski definition) is 6. The molecule has 0 saturated heterocycles. The Bertz CT molecular complexity index is 782. The molecule has 0 aliphatic rings. The molecule has 1 atom stereocenters. The van der Waals surface area contributed by atoms with E-state index in [0.717, 1.165) is 6.07 Å². The number of esters is 1. The third kappa shape index (κ3) is 4.26. The molecule has 0 fully saturated rings. The molecular weight excluding hydrogens is 338 g/mol. The van der Waals surface area contributed by atoms with Crippen LogP contribution in [-0.4, -0.2) is 27.9 Å². The van der Waals surface area contributed by atoms with E-state index in [1.54, 1.807) is 0 Å². The lowest BCUT2D eigenvalue weighted by Crippen LogP contribution is -2.30. The van der Waals surface area contributed by atoms with Crippen molar-refractivity contribution >= 4 is 34.9 Å². The van der Waals surface area contributed by atoms with Gasteiger partial charge in [-0.2, -0.15) is 0 Å². The summed E-state index contributed by atoms with van der Waals surface area (Å²) >= 11 is 5.89. The minimum atomic E-state index is -1.09. The molecule has 0 saturated carbocycles. The van der Waals surface area contributed by atoms with Gasteiger partial charge in [0, 0.05) is 24.5 Å². The Kier molecular flexibility index (Phi) is 5.43. The van der Waals surface area contributed by atoms with Gasteiger partial charge in [0.1, 0.15) is 0 Å². The lowest BCUT2D eigenvalue weighted by atomic mass is 10.2. The number of nitro benzene ring substituents is 1. The van der Waals surface area contributed by atoms with E-state index in [9.17, 15) is 19.7 Å². The quantitative estimate of drug-likeness (QED) is 0.504. The number of pyridine rings is 1. The average molecular weight is 350 g/mol. The number of benzene rings is 1. The maximum Gasteiger partial charge on any atom is 0.339 e. The van der Waals surface area contributed by atoms with Gasteiger partial charge in [-0.15, -0.1) is 0 Å². The fourth-order valence-corrected chi connectivity index (χ4v) is 1.95. The summed E-state index contributed by atoms with van der Waals surface area (Å²) in [5.41, 5.74) is 0.243. The van der Waals surface area contributed by atoms with Gasteiger partial charge in [-0.25, -0.2) is 4.79 Å². The number of nitrogens with zero attached hydrogens (tertiary/aromatic N) is 2. The highest BCUT2D eigenvalue weighted by Gasteiger charge is 2.20. The van der Waals surface area contributed by atoms with Crippen LogP contribution in [0, 0.1) is 10.1 Å². The zero-order valence-electron chi connectivity index (χ0n) is 12.4. The molecule has 2 aromatic rings. The molecule has 0 spiro atoms. The smallest absolute Gasteiger partial charge is 0.339 e. The van der Waals surface area contributed by atoms with Crippen molar-refractivity contribution in [3.05, 3.63) is 63.4 Å². The first-order chi connectivity index (χ1) is 11.4. The van der Waals surface area contributed by atoms with Gasteiger partial charge < -0.3 is 10.1 Å². The number of amides is 1. The molecule has 1 heterocycles. The summed E-state index contributed by atoms with van der Waals surface area (Å²) in [7, 11) is 0. The predicted molar refractivity (Wildman–Crippen MR) is 85.9 cm³/mol. The largest absolute Gasteiger partial charge is 0.449 e. The van der Waals surface area contributed by atoms with Crippen LogP contribution in [0.4, 0.5) is 11.4 Å². The predicted octanol–water partition coefficient (Wildman–Crippen LogP) is 2.83. The van der Waals surface area contributed by atoms with Crippen molar-refractivity contribution in [2.45, 2.75) is 13.0 Å². The number of ether oxygens (including phenoxy) is 1. The van der Waals surface area contributed by atoms with Crippen LogP contribution in [0.1, 0.15) is 17.3 Å². The Morgan fingerprint density at radius 2 is 1.96 bits per heavy atom. The van der Waals surface area contributed by atoms with Crippen molar-refractivity contribution in [2.75, 3.05) is 5.32 Å². The summed E-state index contributed by atoms with van der Waals surface area (Å²) in [6.07, 6.45) is 1.77. The molecule has 0 unspecified atom stereocenters. The summed E-state index contributed by atoms with van der Waals surface area (Å²) in [5, 5.41) is 13.1. The number of nitro groups is 1. The Morgan fingerprint density at radius 3 is 2.54 bits per heavy atom. The van der Waals surface area contributed by atoms with Gasteiger partial charge in [0.15, 0.2) is 6.10 Å². The van der Waals surface area contributed by atoms with Crippen LogP contribution < -0.4 is 5.32 Å². The normalized spacial score (nSPS) is 11.4. The van der Waals surface area contributed by atoms with Gasteiger partial charge in [0.25, 0.3) is 11.6 Å². The fourth-order valence-electron chi connectivity index (χ4n) is 1.72. The number of aromatic nitrogens is 1. The summed E-state index contributed by atoms with van der Waals surface area (Å²) in [6.45, 7) is 1.40. The SMILES string of the molecule is C[C@H](OC(=O)c1ccncc1)C(=O)Nc1ccc([N+](=O)[O-])cc1Cl. The average Bonchev–Trinajstić information content (AvgIpc) is 2.57. The molecule has 9 heteroatoms. The second kappa shape index (κ2) is 7.51. The molecule has 1 amide bonds. The van der Waals surface area contributed by atoms with E-state index in [1.165, 1.54) is 43.6 Å². The van der Waals surface area contributed by atoms with E-state index in [0.29, 0.717) is 0 Å². The van der Waals surface area contributed by atoms with Crippen LogP contribution in [0.15, 0.2) is 42.7 Å². The second-order valence-electron chi connectivity index (χ2n) is 4.69. The third-order valence-corrected chi connectivity index (χ3v) is 3.30. The zero-order chi connectivity index (χ0) is 17.7. The molecule has 1 N–H and O–H groups in total. The van der Waals surface area contributed by atoms with E-state index >= 15 is 0 Å². The first-order valence-corrected chi connectivity index (χ1v) is 7.12. The lowest BCUT2D eigenvalue weighted by Gasteiger charge is -2.14.